The van der Waals surface area contributed by atoms with Gasteiger partial charge in [-0.1, -0.05) is 49.4 Å². The maximum absolute atomic E-state index is 12.5. The number of hydrogen-bond donors (Lipinski definition) is 2. The van der Waals surface area contributed by atoms with Crippen LogP contribution in [0.4, 0.5) is 0 Å². The van der Waals surface area contributed by atoms with E-state index < -0.39 is 0 Å². The topological polar surface area (TPSA) is 50.4 Å². The van der Waals surface area contributed by atoms with Crippen molar-refractivity contribution in [2.75, 3.05) is 20.2 Å². The number of halogens is 1. The highest BCUT2D eigenvalue weighted by molar-refractivity contribution is 5.85. The number of para-hydroxylation sites is 1. The van der Waals surface area contributed by atoms with E-state index in [2.05, 4.69) is 47.9 Å². The van der Waals surface area contributed by atoms with Crippen LogP contribution in [0.15, 0.2) is 48.5 Å². The summed E-state index contributed by atoms with van der Waals surface area (Å²) >= 11 is 0. The first kappa shape index (κ1) is 23.2. The molecule has 2 aromatic carbocycles. The third-order valence-corrected chi connectivity index (χ3v) is 5.90. The third-order valence-electron chi connectivity index (χ3n) is 5.90. The summed E-state index contributed by atoms with van der Waals surface area (Å²) in [7, 11) is 1.69. The Morgan fingerprint density at radius 2 is 1.76 bits per heavy atom. The van der Waals surface area contributed by atoms with Crippen LogP contribution in [-0.2, 0) is 4.79 Å². The second-order valence-electron chi connectivity index (χ2n) is 7.88. The van der Waals surface area contributed by atoms with Gasteiger partial charge in [-0.05, 0) is 61.9 Å². The molecule has 1 heterocycles. The zero-order chi connectivity index (χ0) is 19.9. The van der Waals surface area contributed by atoms with Gasteiger partial charge in [-0.15, -0.1) is 12.4 Å². The van der Waals surface area contributed by atoms with Crippen LogP contribution < -0.4 is 15.4 Å². The molecule has 1 aliphatic rings. The van der Waals surface area contributed by atoms with Crippen molar-refractivity contribution in [1.82, 2.24) is 10.6 Å². The van der Waals surface area contributed by atoms with Crippen molar-refractivity contribution >= 4 is 18.3 Å². The predicted molar refractivity (Wildman–Crippen MR) is 122 cm³/mol. The molecule has 1 fully saturated rings. The van der Waals surface area contributed by atoms with Crippen LogP contribution in [-0.4, -0.2) is 26.1 Å². The Bertz CT molecular complexity index is 773. The lowest BCUT2D eigenvalue weighted by Gasteiger charge is -2.28. The zero-order valence-corrected chi connectivity index (χ0v) is 18.4. The van der Waals surface area contributed by atoms with Gasteiger partial charge in [0, 0.05) is 12.0 Å². The first-order valence-electron chi connectivity index (χ1n) is 10.3. The summed E-state index contributed by atoms with van der Waals surface area (Å²) in [5, 5.41) is 6.56. The minimum absolute atomic E-state index is 0. The Morgan fingerprint density at radius 3 is 2.41 bits per heavy atom. The van der Waals surface area contributed by atoms with E-state index >= 15 is 0 Å². The molecule has 2 N–H and O–H groups in total. The summed E-state index contributed by atoms with van der Waals surface area (Å²) in [6, 6.07) is 16.4. The molecule has 5 heteroatoms. The molecular formula is C24H33ClN2O2. The van der Waals surface area contributed by atoms with Gasteiger partial charge in [0.25, 0.3) is 0 Å². The van der Waals surface area contributed by atoms with Gasteiger partial charge in [-0.25, -0.2) is 0 Å². The van der Waals surface area contributed by atoms with Crippen LogP contribution in [0.2, 0.25) is 0 Å². The van der Waals surface area contributed by atoms with Crippen molar-refractivity contribution in [2.45, 2.75) is 39.2 Å². The van der Waals surface area contributed by atoms with Gasteiger partial charge in [0.2, 0.25) is 5.91 Å². The molecular weight excluding hydrogens is 384 g/mol. The summed E-state index contributed by atoms with van der Waals surface area (Å²) in [6.07, 6.45) is 2.96. The smallest absolute Gasteiger partial charge is 0.220 e. The Labute approximate surface area is 180 Å². The van der Waals surface area contributed by atoms with Crippen LogP contribution in [0.5, 0.6) is 5.75 Å². The number of methoxy groups -OCH3 is 1. The number of ether oxygens (including phenoxy) is 1. The number of hydrogen-bond acceptors (Lipinski definition) is 3. The maximum Gasteiger partial charge on any atom is 0.220 e. The Morgan fingerprint density at radius 1 is 1.10 bits per heavy atom. The molecule has 0 spiro atoms. The number of piperidine rings is 1. The van der Waals surface area contributed by atoms with Gasteiger partial charge in [-0.2, -0.15) is 0 Å². The van der Waals surface area contributed by atoms with E-state index in [1.54, 1.807) is 7.11 Å². The fourth-order valence-corrected chi connectivity index (χ4v) is 4.09. The second kappa shape index (κ2) is 11.2. The lowest BCUT2D eigenvalue weighted by Crippen LogP contribution is -2.34. The molecule has 0 radical (unpaired) electrons. The number of carbonyl (C=O) groups is 1. The van der Waals surface area contributed by atoms with E-state index in [4.69, 9.17) is 4.74 Å². The highest BCUT2D eigenvalue weighted by Gasteiger charge is 2.22. The molecule has 2 unspecified atom stereocenters. The van der Waals surface area contributed by atoms with Crippen LogP contribution in [0.1, 0.15) is 44.7 Å². The molecule has 2 atom stereocenters. The largest absolute Gasteiger partial charge is 0.496 e. The average molecular weight is 417 g/mol. The van der Waals surface area contributed by atoms with Crippen LogP contribution in [0, 0.1) is 11.8 Å². The van der Waals surface area contributed by atoms with Crippen LogP contribution in [0.25, 0.3) is 11.1 Å². The maximum atomic E-state index is 12.5. The molecule has 1 amide bonds. The van der Waals surface area contributed by atoms with E-state index in [1.807, 2.05) is 25.1 Å². The van der Waals surface area contributed by atoms with Gasteiger partial charge in [0.05, 0.1) is 13.2 Å². The van der Waals surface area contributed by atoms with Crippen molar-refractivity contribution in [3.8, 4) is 16.9 Å². The predicted octanol–water partition coefficient (Wildman–Crippen LogP) is 4.99. The molecule has 0 bridgehead atoms. The molecule has 0 aliphatic carbocycles. The fraction of sp³-hybridized carbons (Fsp3) is 0.458. The van der Waals surface area contributed by atoms with Crippen molar-refractivity contribution in [3.05, 3.63) is 54.1 Å². The van der Waals surface area contributed by atoms with E-state index in [0.29, 0.717) is 18.3 Å². The number of amides is 1. The quantitative estimate of drug-likeness (QED) is 0.668. The highest BCUT2D eigenvalue weighted by Crippen LogP contribution is 2.30. The van der Waals surface area contributed by atoms with Gasteiger partial charge in [0.1, 0.15) is 5.75 Å². The van der Waals surface area contributed by atoms with Gasteiger partial charge >= 0.3 is 0 Å². The number of rotatable bonds is 7. The fourth-order valence-electron chi connectivity index (χ4n) is 4.09. The van der Waals surface area contributed by atoms with Gasteiger partial charge < -0.3 is 15.4 Å². The standard InChI is InChI=1S/C24H32N2O2.ClH/c1-17(19-12-14-25-15-13-19)16-24(27)26-18(2)20-8-10-21(11-9-20)22-6-4-5-7-23(22)28-3;/h4-11,17-19,25H,12-16H2,1-3H3,(H,26,27);1H. The average Bonchev–Trinajstić information content (AvgIpc) is 2.74. The minimum atomic E-state index is -0.000517. The first-order chi connectivity index (χ1) is 13.6. The normalized spacial score (nSPS) is 16.4. The molecule has 29 heavy (non-hydrogen) atoms. The molecule has 3 rings (SSSR count). The number of nitrogens with one attached hydrogen (secondary N) is 2. The summed E-state index contributed by atoms with van der Waals surface area (Å²) in [5.74, 6) is 2.10. The van der Waals surface area contributed by atoms with E-state index in [0.717, 1.165) is 35.5 Å². The van der Waals surface area contributed by atoms with Crippen molar-refractivity contribution < 1.29 is 9.53 Å². The number of benzene rings is 2. The first-order valence-corrected chi connectivity index (χ1v) is 10.3. The van der Waals surface area contributed by atoms with Crippen molar-refractivity contribution in [1.29, 1.82) is 0 Å². The summed E-state index contributed by atoms with van der Waals surface area (Å²) in [5.41, 5.74) is 3.30. The third kappa shape index (κ3) is 6.22. The summed E-state index contributed by atoms with van der Waals surface area (Å²) in [6.45, 7) is 6.41. The Balaban J connectivity index is 0.00000300. The van der Waals surface area contributed by atoms with E-state index in [1.165, 1.54) is 12.8 Å². The summed E-state index contributed by atoms with van der Waals surface area (Å²) < 4.78 is 5.46. The summed E-state index contributed by atoms with van der Waals surface area (Å²) in [4.78, 5) is 12.5. The molecule has 1 saturated heterocycles. The second-order valence-corrected chi connectivity index (χ2v) is 7.88. The van der Waals surface area contributed by atoms with E-state index in [9.17, 15) is 4.79 Å². The zero-order valence-electron chi connectivity index (χ0n) is 17.6. The molecule has 0 aromatic heterocycles. The molecule has 158 valence electrons. The molecule has 4 nitrogen and oxygen atoms in total. The molecule has 0 saturated carbocycles. The SMILES string of the molecule is COc1ccccc1-c1ccc(C(C)NC(=O)CC(C)C2CCNCC2)cc1.Cl. The van der Waals surface area contributed by atoms with Crippen molar-refractivity contribution in [2.24, 2.45) is 11.8 Å². The number of carbonyl (C=O) groups excluding carboxylic acids is 1. The van der Waals surface area contributed by atoms with Crippen LogP contribution >= 0.6 is 12.4 Å². The van der Waals surface area contributed by atoms with Crippen molar-refractivity contribution in [3.63, 3.8) is 0 Å². The van der Waals surface area contributed by atoms with E-state index in [-0.39, 0.29) is 24.4 Å². The lowest BCUT2D eigenvalue weighted by atomic mass is 9.84. The molecule has 2 aromatic rings. The van der Waals surface area contributed by atoms with Gasteiger partial charge in [0.15, 0.2) is 0 Å². The highest BCUT2D eigenvalue weighted by atomic mass is 35.5. The Hall–Kier alpha value is -2.04. The van der Waals surface area contributed by atoms with Gasteiger partial charge in [-0.3, -0.25) is 4.79 Å². The lowest BCUT2D eigenvalue weighted by molar-refractivity contribution is -0.123. The Kier molecular flexibility index (Phi) is 8.99. The monoisotopic (exact) mass is 416 g/mol. The van der Waals surface area contributed by atoms with Crippen LogP contribution in [0.3, 0.4) is 0 Å². The molecule has 1 aliphatic heterocycles. The minimum Gasteiger partial charge on any atom is -0.496 e.